The van der Waals surface area contributed by atoms with Crippen LogP contribution in [0, 0.1) is 0 Å². The number of ether oxygens (including phenoxy) is 1. The van der Waals surface area contributed by atoms with Gasteiger partial charge in [0.15, 0.2) is 0 Å². The molecule has 1 aromatic heterocycles. The lowest BCUT2D eigenvalue weighted by Gasteiger charge is -2.09. The van der Waals surface area contributed by atoms with Crippen LogP contribution >= 0.6 is 0 Å². The molecule has 29 heavy (non-hydrogen) atoms. The summed E-state index contributed by atoms with van der Waals surface area (Å²) < 4.78 is 6.92. The van der Waals surface area contributed by atoms with Crippen LogP contribution in [0.1, 0.15) is 18.9 Å². The second-order valence-corrected chi connectivity index (χ2v) is 6.60. The highest BCUT2D eigenvalue weighted by Crippen LogP contribution is 2.19. The van der Waals surface area contributed by atoms with Gasteiger partial charge in [0.1, 0.15) is 5.75 Å². The van der Waals surface area contributed by atoms with Crippen LogP contribution in [0.25, 0.3) is 11.3 Å². The van der Waals surface area contributed by atoms with Gasteiger partial charge < -0.3 is 10.1 Å². The van der Waals surface area contributed by atoms with Gasteiger partial charge in [-0.1, -0.05) is 30.3 Å². The van der Waals surface area contributed by atoms with E-state index in [0.29, 0.717) is 38.2 Å². The number of benzene rings is 2. The maximum absolute atomic E-state index is 12.4. The quantitative estimate of drug-likeness (QED) is 0.608. The minimum atomic E-state index is -0.151. The first kappa shape index (κ1) is 20.3. The molecule has 0 atom stereocenters. The summed E-state index contributed by atoms with van der Waals surface area (Å²) in [4.78, 5) is 28.7. The Labute approximate surface area is 170 Å². The fourth-order valence-electron chi connectivity index (χ4n) is 2.95. The molecule has 6 nitrogen and oxygen atoms in total. The minimum absolute atomic E-state index is 0.0270. The molecule has 1 N–H and O–H groups in total. The first-order chi connectivity index (χ1) is 14.2. The number of carbonyl (C=O) groups excluding carboxylic acids is 1. The number of amides is 1. The van der Waals surface area contributed by atoms with Crippen LogP contribution in [0.4, 0.5) is 0 Å². The van der Waals surface area contributed by atoms with E-state index in [9.17, 15) is 9.59 Å². The number of nitrogens with zero attached hydrogens (tertiary/aromatic N) is 2. The Kier molecular flexibility index (Phi) is 7.16. The van der Waals surface area contributed by atoms with Crippen molar-refractivity contribution in [2.45, 2.75) is 26.3 Å². The largest absolute Gasteiger partial charge is 0.494 e. The van der Waals surface area contributed by atoms with Crippen molar-refractivity contribution in [3.8, 4) is 17.0 Å². The van der Waals surface area contributed by atoms with Gasteiger partial charge in [-0.3, -0.25) is 14.2 Å². The monoisotopic (exact) mass is 391 g/mol. The fraction of sp³-hybridized carbons (Fsp3) is 0.261. The van der Waals surface area contributed by atoms with Crippen molar-refractivity contribution in [3.63, 3.8) is 0 Å². The van der Waals surface area contributed by atoms with Crippen molar-refractivity contribution in [2.75, 3.05) is 13.2 Å². The average Bonchev–Trinajstić information content (AvgIpc) is 2.75. The van der Waals surface area contributed by atoms with Crippen LogP contribution in [0.5, 0.6) is 5.75 Å². The summed E-state index contributed by atoms with van der Waals surface area (Å²) in [5.41, 5.74) is 2.45. The van der Waals surface area contributed by atoms with Crippen LogP contribution in [-0.2, 0) is 17.8 Å². The molecule has 0 radical (unpaired) electrons. The Morgan fingerprint density at radius 1 is 1.10 bits per heavy atom. The summed E-state index contributed by atoms with van der Waals surface area (Å²) in [6.07, 6.45) is 2.64. The van der Waals surface area contributed by atoms with E-state index in [1.165, 1.54) is 17.0 Å². The summed E-state index contributed by atoms with van der Waals surface area (Å²) in [6.45, 7) is 3.31. The molecule has 0 unspecified atom stereocenters. The Balaban J connectivity index is 1.50. The predicted molar refractivity (Wildman–Crippen MR) is 113 cm³/mol. The van der Waals surface area contributed by atoms with Gasteiger partial charge in [-0.2, -0.15) is 0 Å². The summed E-state index contributed by atoms with van der Waals surface area (Å²) in [5, 5.41) is 2.85. The second-order valence-electron chi connectivity index (χ2n) is 6.60. The maximum atomic E-state index is 12.4. The van der Waals surface area contributed by atoms with E-state index < -0.39 is 0 Å². The topological polar surface area (TPSA) is 73.2 Å². The van der Waals surface area contributed by atoms with E-state index in [2.05, 4.69) is 10.3 Å². The van der Waals surface area contributed by atoms with Crippen LogP contribution in [0.2, 0.25) is 0 Å². The van der Waals surface area contributed by atoms with E-state index in [-0.39, 0.29) is 11.5 Å². The van der Waals surface area contributed by atoms with Gasteiger partial charge in [-0.15, -0.1) is 0 Å². The van der Waals surface area contributed by atoms with Crippen molar-refractivity contribution >= 4 is 5.91 Å². The average molecular weight is 391 g/mol. The number of carbonyl (C=O) groups is 1. The number of hydrogen-bond acceptors (Lipinski definition) is 4. The zero-order chi connectivity index (χ0) is 20.5. The molecule has 150 valence electrons. The van der Waals surface area contributed by atoms with Crippen molar-refractivity contribution in [2.24, 2.45) is 0 Å². The lowest BCUT2D eigenvalue weighted by atomic mass is 10.1. The molecule has 3 rings (SSSR count). The molecule has 1 amide bonds. The van der Waals surface area contributed by atoms with E-state index >= 15 is 0 Å². The zero-order valence-electron chi connectivity index (χ0n) is 16.5. The normalized spacial score (nSPS) is 10.5. The van der Waals surface area contributed by atoms with E-state index in [1.54, 1.807) is 0 Å². The molecule has 0 aliphatic heterocycles. The number of aromatic nitrogens is 2. The van der Waals surface area contributed by atoms with Crippen molar-refractivity contribution in [3.05, 3.63) is 82.9 Å². The molecule has 0 bridgehead atoms. The fourth-order valence-corrected chi connectivity index (χ4v) is 2.95. The highest BCUT2D eigenvalue weighted by atomic mass is 16.5. The van der Waals surface area contributed by atoms with Gasteiger partial charge in [0.2, 0.25) is 5.91 Å². The summed E-state index contributed by atoms with van der Waals surface area (Å²) in [5.74, 6) is 0.758. The molecule has 6 heteroatoms. The first-order valence-electron chi connectivity index (χ1n) is 9.76. The third-order valence-corrected chi connectivity index (χ3v) is 4.50. The number of nitrogens with one attached hydrogen (secondary N) is 1. The Morgan fingerprint density at radius 2 is 1.86 bits per heavy atom. The molecule has 0 saturated heterocycles. The zero-order valence-corrected chi connectivity index (χ0v) is 16.5. The van der Waals surface area contributed by atoms with Gasteiger partial charge in [0, 0.05) is 31.1 Å². The molecule has 0 saturated carbocycles. The maximum Gasteiger partial charge on any atom is 0.253 e. The summed E-state index contributed by atoms with van der Waals surface area (Å²) >= 11 is 0. The Bertz CT molecular complexity index is 982. The summed E-state index contributed by atoms with van der Waals surface area (Å²) in [6, 6.07) is 18.9. The third-order valence-electron chi connectivity index (χ3n) is 4.50. The van der Waals surface area contributed by atoms with Gasteiger partial charge >= 0.3 is 0 Å². The highest BCUT2D eigenvalue weighted by Gasteiger charge is 2.05. The van der Waals surface area contributed by atoms with Crippen molar-refractivity contribution in [1.82, 2.24) is 14.9 Å². The number of rotatable bonds is 9. The molecular weight excluding hydrogens is 366 g/mol. The standard InChI is InChI=1S/C23H25N3O3/c1-2-29-20-11-9-19(10-12-20)21-16-23(28)26(17-25-21)15-14-24-22(27)13-8-18-6-4-3-5-7-18/h3-7,9-12,16-17H,2,8,13-15H2,1H3,(H,24,27). The molecular formula is C23H25N3O3. The molecule has 1 heterocycles. The van der Waals surface area contributed by atoms with Gasteiger partial charge in [0.25, 0.3) is 5.56 Å². The third kappa shape index (κ3) is 6.04. The predicted octanol–water partition coefficient (Wildman–Crippen LogP) is 3.06. The van der Waals surface area contributed by atoms with Crippen LogP contribution in [-0.4, -0.2) is 28.6 Å². The van der Waals surface area contributed by atoms with E-state index in [1.807, 2.05) is 61.5 Å². The molecule has 0 aliphatic rings. The lowest BCUT2D eigenvalue weighted by Crippen LogP contribution is -2.30. The lowest BCUT2D eigenvalue weighted by molar-refractivity contribution is -0.121. The Morgan fingerprint density at radius 3 is 2.55 bits per heavy atom. The highest BCUT2D eigenvalue weighted by molar-refractivity contribution is 5.76. The van der Waals surface area contributed by atoms with Gasteiger partial charge in [0.05, 0.1) is 18.6 Å². The minimum Gasteiger partial charge on any atom is -0.494 e. The number of aryl methyl sites for hydroxylation is 1. The molecule has 0 aliphatic carbocycles. The van der Waals surface area contributed by atoms with Crippen LogP contribution in [0.15, 0.2) is 71.8 Å². The molecule has 0 fully saturated rings. The molecule has 3 aromatic rings. The first-order valence-corrected chi connectivity index (χ1v) is 9.76. The SMILES string of the molecule is CCOc1ccc(-c2cc(=O)n(CCNC(=O)CCc3ccccc3)cn2)cc1. The second kappa shape index (κ2) is 10.2. The van der Waals surface area contributed by atoms with E-state index in [0.717, 1.165) is 16.9 Å². The van der Waals surface area contributed by atoms with Gasteiger partial charge in [-0.05, 0) is 43.2 Å². The van der Waals surface area contributed by atoms with Gasteiger partial charge in [-0.25, -0.2) is 4.98 Å². The smallest absolute Gasteiger partial charge is 0.253 e. The number of hydrogen-bond donors (Lipinski definition) is 1. The van der Waals surface area contributed by atoms with E-state index in [4.69, 9.17) is 4.74 Å². The molecule has 2 aromatic carbocycles. The summed E-state index contributed by atoms with van der Waals surface area (Å²) in [7, 11) is 0. The van der Waals surface area contributed by atoms with Crippen molar-refractivity contribution in [1.29, 1.82) is 0 Å². The van der Waals surface area contributed by atoms with Crippen LogP contribution < -0.4 is 15.6 Å². The van der Waals surface area contributed by atoms with Crippen LogP contribution in [0.3, 0.4) is 0 Å². The molecule has 0 spiro atoms. The Hall–Kier alpha value is -3.41. The van der Waals surface area contributed by atoms with Crippen molar-refractivity contribution < 1.29 is 9.53 Å².